The number of nitrogens with one attached hydrogen (secondary N) is 2. The monoisotopic (exact) mass is 327 g/mol. The quantitative estimate of drug-likeness (QED) is 0.890. The molecule has 0 spiro atoms. The van der Waals surface area contributed by atoms with Gasteiger partial charge in [0.15, 0.2) is 0 Å². The summed E-state index contributed by atoms with van der Waals surface area (Å²) in [5.74, 6) is -0.614. The lowest BCUT2D eigenvalue weighted by Gasteiger charge is -2.23. The maximum atomic E-state index is 12.0. The van der Waals surface area contributed by atoms with E-state index >= 15 is 0 Å². The molecule has 0 bridgehead atoms. The summed E-state index contributed by atoms with van der Waals surface area (Å²) in [6.07, 6.45) is 1.53. The van der Waals surface area contributed by atoms with E-state index in [-0.39, 0.29) is 23.0 Å². The van der Waals surface area contributed by atoms with Crippen LogP contribution in [0.3, 0.4) is 0 Å². The molecular formula is C13H18BrN3O2. The van der Waals surface area contributed by atoms with E-state index in [1.807, 2.05) is 20.8 Å². The minimum atomic E-state index is -0.624. The third kappa shape index (κ3) is 4.98. The molecule has 5 nitrogen and oxygen atoms in total. The van der Waals surface area contributed by atoms with Gasteiger partial charge < -0.3 is 10.6 Å². The average molecular weight is 328 g/mol. The number of rotatable bonds is 3. The highest BCUT2D eigenvalue weighted by atomic mass is 79.9. The summed E-state index contributed by atoms with van der Waals surface area (Å²) in [5.41, 5.74) is -0.0697. The normalized spacial score (nSPS) is 12.7. The first-order valence-electron chi connectivity index (χ1n) is 5.94. The molecule has 2 amide bonds. The fourth-order valence-corrected chi connectivity index (χ4v) is 1.80. The van der Waals surface area contributed by atoms with Gasteiger partial charge in [-0.2, -0.15) is 0 Å². The fraction of sp³-hybridized carbons (Fsp3) is 0.462. The van der Waals surface area contributed by atoms with E-state index in [2.05, 4.69) is 31.5 Å². The number of pyridine rings is 1. The van der Waals surface area contributed by atoms with Crippen molar-refractivity contribution < 1.29 is 9.59 Å². The van der Waals surface area contributed by atoms with Gasteiger partial charge in [-0.1, -0.05) is 0 Å². The number of carbonyl (C=O) groups excluding carboxylic acids is 2. The van der Waals surface area contributed by atoms with E-state index < -0.39 is 6.04 Å². The van der Waals surface area contributed by atoms with Crippen LogP contribution in [0.4, 0.5) is 0 Å². The van der Waals surface area contributed by atoms with E-state index in [0.717, 1.165) is 0 Å². The molecule has 0 aliphatic heterocycles. The number of nitrogens with zero attached hydrogens (tertiary/aromatic N) is 1. The van der Waals surface area contributed by atoms with Crippen molar-refractivity contribution in [1.29, 1.82) is 0 Å². The molecule has 0 saturated heterocycles. The molecule has 0 aliphatic rings. The summed E-state index contributed by atoms with van der Waals surface area (Å²) >= 11 is 3.25. The maximum absolute atomic E-state index is 12.0. The molecule has 1 heterocycles. The minimum absolute atomic E-state index is 0.229. The van der Waals surface area contributed by atoms with Gasteiger partial charge in [-0.3, -0.25) is 9.59 Å². The maximum Gasteiger partial charge on any atom is 0.271 e. The Morgan fingerprint density at radius 1 is 1.37 bits per heavy atom. The van der Waals surface area contributed by atoms with Gasteiger partial charge in [-0.05, 0) is 55.8 Å². The van der Waals surface area contributed by atoms with Crippen molar-refractivity contribution in [2.45, 2.75) is 39.3 Å². The third-order valence-corrected chi connectivity index (χ3v) is 2.85. The lowest BCUT2D eigenvalue weighted by atomic mass is 10.1. The molecule has 6 heteroatoms. The van der Waals surface area contributed by atoms with Crippen LogP contribution in [0.15, 0.2) is 22.8 Å². The highest BCUT2D eigenvalue weighted by Gasteiger charge is 2.22. The lowest BCUT2D eigenvalue weighted by Crippen LogP contribution is -2.51. The largest absolute Gasteiger partial charge is 0.350 e. The summed E-state index contributed by atoms with van der Waals surface area (Å²) < 4.78 is 0.593. The van der Waals surface area contributed by atoms with Crippen LogP contribution in [0.5, 0.6) is 0 Å². The van der Waals surface area contributed by atoms with Crippen LogP contribution in [0.25, 0.3) is 0 Å². The molecule has 1 atom stereocenters. The molecule has 1 aromatic heterocycles. The Labute approximate surface area is 121 Å². The Morgan fingerprint density at radius 2 is 2.00 bits per heavy atom. The predicted molar refractivity (Wildman–Crippen MR) is 76.8 cm³/mol. The first-order valence-corrected chi connectivity index (χ1v) is 6.73. The van der Waals surface area contributed by atoms with Crippen molar-refractivity contribution in [1.82, 2.24) is 15.6 Å². The first kappa shape index (κ1) is 15.6. The van der Waals surface area contributed by atoms with Crippen LogP contribution in [0, 0.1) is 0 Å². The second kappa shape index (κ2) is 6.14. The van der Waals surface area contributed by atoms with Gasteiger partial charge in [-0.15, -0.1) is 0 Å². The second-order valence-corrected chi connectivity index (χ2v) is 6.12. The summed E-state index contributed by atoms with van der Waals surface area (Å²) in [5, 5.41) is 5.42. The van der Waals surface area contributed by atoms with Crippen molar-refractivity contribution in [2.24, 2.45) is 0 Å². The van der Waals surface area contributed by atoms with Gasteiger partial charge in [0.1, 0.15) is 11.7 Å². The molecule has 104 valence electrons. The molecule has 0 radical (unpaired) electrons. The fourth-order valence-electron chi connectivity index (χ4n) is 1.36. The molecule has 2 N–H and O–H groups in total. The summed E-state index contributed by atoms with van der Waals surface area (Å²) in [6, 6.07) is 2.82. The minimum Gasteiger partial charge on any atom is -0.350 e. The zero-order valence-electron chi connectivity index (χ0n) is 11.5. The third-order valence-electron chi connectivity index (χ3n) is 2.21. The lowest BCUT2D eigenvalue weighted by molar-refractivity contribution is -0.124. The number of hydrogen-bond acceptors (Lipinski definition) is 3. The van der Waals surface area contributed by atoms with E-state index in [1.165, 1.54) is 6.20 Å². The Morgan fingerprint density at radius 3 is 2.53 bits per heavy atom. The number of carbonyl (C=O) groups is 2. The van der Waals surface area contributed by atoms with Crippen LogP contribution in [0.2, 0.25) is 0 Å². The van der Waals surface area contributed by atoms with E-state index in [4.69, 9.17) is 0 Å². The Balaban J connectivity index is 2.67. The summed E-state index contributed by atoms with van der Waals surface area (Å²) in [7, 11) is 0. The van der Waals surface area contributed by atoms with E-state index in [1.54, 1.807) is 19.1 Å². The Hall–Kier alpha value is -1.43. The molecule has 19 heavy (non-hydrogen) atoms. The molecular weight excluding hydrogens is 310 g/mol. The summed E-state index contributed by atoms with van der Waals surface area (Å²) in [6.45, 7) is 7.29. The SMILES string of the molecule is CC(NC(=O)c1ncccc1Br)C(=O)NC(C)(C)C. The summed E-state index contributed by atoms with van der Waals surface area (Å²) in [4.78, 5) is 27.8. The standard InChI is InChI=1S/C13H18BrN3O2/c1-8(11(18)17-13(2,3)4)16-12(19)10-9(14)6-5-7-15-10/h5-8H,1-4H3,(H,16,19)(H,17,18). The molecule has 1 unspecified atom stereocenters. The van der Waals surface area contributed by atoms with Gasteiger partial charge in [0.2, 0.25) is 5.91 Å². The Bertz CT molecular complexity index is 483. The van der Waals surface area contributed by atoms with Gasteiger partial charge in [0.25, 0.3) is 5.91 Å². The zero-order chi connectivity index (χ0) is 14.6. The van der Waals surface area contributed by atoms with Gasteiger partial charge in [0.05, 0.1) is 0 Å². The molecule has 1 rings (SSSR count). The second-order valence-electron chi connectivity index (χ2n) is 5.27. The van der Waals surface area contributed by atoms with Crippen LogP contribution < -0.4 is 10.6 Å². The molecule has 0 aliphatic carbocycles. The van der Waals surface area contributed by atoms with Crippen molar-refractivity contribution in [3.8, 4) is 0 Å². The molecule has 0 aromatic carbocycles. The first-order chi connectivity index (χ1) is 8.70. The zero-order valence-corrected chi connectivity index (χ0v) is 13.0. The predicted octanol–water partition coefficient (Wildman–Crippen LogP) is 1.88. The molecule has 0 saturated carbocycles. The van der Waals surface area contributed by atoms with Crippen LogP contribution >= 0.6 is 15.9 Å². The average Bonchev–Trinajstić information content (AvgIpc) is 2.27. The molecule has 1 aromatic rings. The Kier molecular flexibility index (Phi) is 5.05. The number of aromatic nitrogens is 1. The van der Waals surface area contributed by atoms with Crippen molar-refractivity contribution in [2.75, 3.05) is 0 Å². The van der Waals surface area contributed by atoms with Crippen molar-refractivity contribution in [3.05, 3.63) is 28.5 Å². The number of hydrogen-bond donors (Lipinski definition) is 2. The van der Waals surface area contributed by atoms with Crippen LogP contribution in [-0.4, -0.2) is 28.4 Å². The van der Waals surface area contributed by atoms with E-state index in [0.29, 0.717) is 4.47 Å². The number of amides is 2. The highest BCUT2D eigenvalue weighted by molar-refractivity contribution is 9.10. The highest BCUT2D eigenvalue weighted by Crippen LogP contribution is 2.13. The number of halogens is 1. The van der Waals surface area contributed by atoms with Crippen LogP contribution in [0.1, 0.15) is 38.2 Å². The molecule has 0 fully saturated rings. The topological polar surface area (TPSA) is 71.1 Å². The smallest absolute Gasteiger partial charge is 0.271 e. The van der Waals surface area contributed by atoms with Crippen molar-refractivity contribution >= 4 is 27.7 Å². The van der Waals surface area contributed by atoms with Gasteiger partial charge in [-0.25, -0.2) is 4.98 Å². The van der Waals surface area contributed by atoms with Gasteiger partial charge in [0, 0.05) is 16.2 Å². The van der Waals surface area contributed by atoms with Crippen molar-refractivity contribution in [3.63, 3.8) is 0 Å². The van der Waals surface area contributed by atoms with E-state index in [9.17, 15) is 9.59 Å². The van der Waals surface area contributed by atoms with Gasteiger partial charge >= 0.3 is 0 Å². The van der Waals surface area contributed by atoms with Crippen LogP contribution in [-0.2, 0) is 4.79 Å².